The highest BCUT2D eigenvalue weighted by molar-refractivity contribution is 5.76. The number of nitriles is 1. The summed E-state index contributed by atoms with van der Waals surface area (Å²) in [5.41, 5.74) is 1.18. The van der Waals surface area contributed by atoms with Crippen molar-refractivity contribution in [3.63, 3.8) is 0 Å². The summed E-state index contributed by atoms with van der Waals surface area (Å²) < 4.78 is 89.3. The molecule has 0 aliphatic rings. The molecule has 0 spiro atoms. The zero-order valence-corrected chi connectivity index (χ0v) is 52.2. The van der Waals surface area contributed by atoms with Crippen LogP contribution in [-0.2, 0) is 85.4 Å². The van der Waals surface area contributed by atoms with Gasteiger partial charge in [-0.25, -0.2) is 0 Å². The third kappa shape index (κ3) is 53.1. The molecule has 19 heteroatoms. The first-order chi connectivity index (χ1) is 41.0. The molecular weight excluding hydrogens is 1070 g/mol. The Morgan fingerprint density at radius 3 is 1.02 bits per heavy atom. The lowest BCUT2D eigenvalue weighted by molar-refractivity contribution is -0.153. The topological polar surface area (TPSA) is 206 Å². The Kier molecular flexibility index (Phi) is 59.8. The Labute approximate surface area is 501 Å². The van der Waals surface area contributed by atoms with Crippen molar-refractivity contribution in [2.45, 2.75) is 142 Å². The maximum absolute atomic E-state index is 13.2. The molecule has 0 saturated carbocycles. The molecule has 0 aliphatic heterocycles. The Bertz CT molecular complexity index is 1540. The quantitative estimate of drug-likeness (QED) is 0.0439. The molecule has 1 rings (SSSR count). The second-order valence-corrected chi connectivity index (χ2v) is 20.5. The van der Waals surface area contributed by atoms with Crippen molar-refractivity contribution in [1.29, 1.82) is 5.26 Å². The minimum absolute atomic E-state index is 0.0878. The highest BCUT2D eigenvalue weighted by Gasteiger charge is 2.30. The molecule has 0 aromatic heterocycles. The third-order valence-corrected chi connectivity index (χ3v) is 13.3. The van der Waals surface area contributed by atoms with Gasteiger partial charge in [-0.3, -0.25) is 9.59 Å². The van der Waals surface area contributed by atoms with Gasteiger partial charge in [0.05, 0.1) is 124 Å². The van der Waals surface area contributed by atoms with Gasteiger partial charge >= 0.3 is 11.9 Å². The van der Waals surface area contributed by atoms with Crippen LogP contribution < -0.4 is 0 Å². The second-order valence-electron chi connectivity index (χ2n) is 20.5. The first kappa shape index (κ1) is 78.1. The first-order valence-corrected chi connectivity index (χ1v) is 31.7. The van der Waals surface area contributed by atoms with Crippen LogP contribution in [0.25, 0.3) is 0 Å². The van der Waals surface area contributed by atoms with Crippen molar-refractivity contribution >= 4 is 11.9 Å². The van der Waals surface area contributed by atoms with Crippen LogP contribution >= 0.6 is 0 Å². The van der Waals surface area contributed by atoms with Gasteiger partial charge in [-0.05, 0) is 121 Å². The Morgan fingerprint density at radius 2 is 0.699 bits per heavy atom. The number of carbonyl (C=O) groups excluding carboxylic acids is 2. The van der Waals surface area contributed by atoms with Gasteiger partial charge in [0.25, 0.3) is 0 Å². The molecule has 1 aromatic carbocycles. The van der Waals surface area contributed by atoms with E-state index in [0.29, 0.717) is 119 Å². The maximum atomic E-state index is 13.2. The van der Waals surface area contributed by atoms with Gasteiger partial charge in [0.15, 0.2) is 0 Å². The van der Waals surface area contributed by atoms with E-state index in [-0.39, 0.29) is 37.4 Å². The summed E-state index contributed by atoms with van der Waals surface area (Å²) in [5, 5.41) is 10.1. The summed E-state index contributed by atoms with van der Waals surface area (Å²) in [6.07, 6.45) is 16.1. The lowest BCUT2D eigenvalue weighted by Gasteiger charge is -2.24. The molecule has 0 saturated heterocycles. The molecule has 1 aromatic rings. The predicted molar refractivity (Wildman–Crippen MR) is 320 cm³/mol. The van der Waals surface area contributed by atoms with Crippen LogP contribution in [0.3, 0.4) is 0 Å². The fourth-order valence-corrected chi connectivity index (χ4v) is 8.39. The number of rotatable bonds is 67. The Hall–Kier alpha value is -2.91. The van der Waals surface area contributed by atoms with E-state index in [0.717, 1.165) is 169 Å². The average Bonchev–Trinajstić information content (AvgIpc) is 3.52. The van der Waals surface area contributed by atoms with Crippen LogP contribution in [0.1, 0.15) is 148 Å². The minimum atomic E-state index is -0.581. The minimum Gasteiger partial charge on any atom is -0.465 e. The average molecular weight is 1190 g/mol. The Morgan fingerprint density at radius 1 is 0.386 bits per heavy atom. The first-order valence-electron chi connectivity index (χ1n) is 31.7. The van der Waals surface area contributed by atoms with Crippen molar-refractivity contribution in [3.05, 3.63) is 35.9 Å². The van der Waals surface area contributed by atoms with Crippen molar-refractivity contribution in [1.82, 2.24) is 0 Å². The summed E-state index contributed by atoms with van der Waals surface area (Å²) in [6, 6.07) is 12.6. The van der Waals surface area contributed by atoms with E-state index in [2.05, 4.69) is 25.1 Å². The number of hydrogen-bond donors (Lipinski definition) is 0. The zero-order valence-electron chi connectivity index (χ0n) is 52.2. The summed E-state index contributed by atoms with van der Waals surface area (Å²) in [4.78, 5) is 26.0. The van der Waals surface area contributed by atoms with Crippen molar-refractivity contribution in [2.24, 2.45) is 17.8 Å². The normalized spacial score (nSPS) is 13.0. The largest absolute Gasteiger partial charge is 0.465 e. The maximum Gasteiger partial charge on any atom is 0.308 e. The molecule has 0 heterocycles. The van der Waals surface area contributed by atoms with Crippen LogP contribution in [0.5, 0.6) is 0 Å². The van der Waals surface area contributed by atoms with Gasteiger partial charge < -0.3 is 75.8 Å². The highest BCUT2D eigenvalue weighted by Crippen LogP contribution is 2.32. The van der Waals surface area contributed by atoms with Crippen molar-refractivity contribution in [2.75, 3.05) is 199 Å². The smallest absolute Gasteiger partial charge is 0.308 e. The van der Waals surface area contributed by atoms with Gasteiger partial charge in [-0.15, -0.1) is 0 Å². The molecule has 19 nitrogen and oxygen atoms in total. The molecule has 0 aliphatic carbocycles. The number of carbonyl (C=O) groups is 2. The number of unbranched alkanes of at least 4 members (excludes halogenated alkanes) is 7. The monoisotopic (exact) mass is 1190 g/mol. The van der Waals surface area contributed by atoms with Gasteiger partial charge in [-0.2, -0.15) is 5.26 Å². The van der Waals surface area contributed by atoms with Gasteiger partial charge in [0, 0.05) is 92.3 Å². The summed E-state index contributed by atoms with van der Waals surface area (Å²) in [5.74, 6) is -2.05. The molecule has 4 atom stereocenters. The molecule has 0 bridgehead atoms. The number of esters is 2. The van der Waals surface area contributed by atoms with Gasteiger partial charge in [-0.1, -0.05) is 57.5 Å². The number of methoxy groups -OCH3 is 1. The van der Waals surface area contributed by atoms with Crippen LogP contribution in [0, 0.1) is 29.1 Å². The summed E-state index contributed by atoms with van der Waals surface area (Å²) >= 11 is 0. The molecule has 484 valence electrons. The molecule has 0 radical (unpaired) electrons. The summed E-state index contributed by atoms with van der Waals surface area (Å²) in [7, 11) is 1.73. The molecule has 83 heavy (non-hydrogen) atoms. The fraction of sp³-hybridized carbons (Fsp3) is 0.859. The lowest BCUT2D eigenvalue weighted by atomic mass is 9.81. The molecule has 0 N–H and O–H groups in total. The molecular formula is C64H115NO18. The van der Waals surface area contributed by atoms with E-state index in [1.165, 1.54) is 5.56 Å². The number of nitrogens with zero attached hydrogens (tertiary/aromatic N) is 1. The van der Waals surface area contributed by atoms with Gasteiger partial charge in [0.2, 0.25) is 0 Å². The van der Waals surface area contributed by atoms with Crippen molar-refractivity contribution < 1.29 is 85.4 Å². The van der Waals surface area contributed by atoms with Crippen LogP contribution in [-0.4, -0.2) is 211 Å². The number of ether oxygens (including phenoxy) is 16. The van der Waals surface area contributed by atoms with Crippen molar-refractivity contribution in [3.8, 4) is 6.07 Å². The predicted octanol–water partition coefficient (Wildman–Crippen LogP) is 10.2. The van der Waals surface area contributed by atoms with E-state index in [1.807, 2.05) is 25.1 Å². The summed E-state index contributed by atoms with van der Waals surface area (Å²) in [6.45, 7) is 22.5. The molecule has 0 amide bonds. The number of benzene rings is 1. The van der Waals surface area contributed by atoms with Gasteiger partial charge in [0.1, 0.15) is 6.61 Å². The molecule has 0 fully saturated rings. The van der Waals surface area contributed by atoms with E-state index in [1.54, 1.807) is 14.0 Å². The van der Waals surface area contributed by atoms with Crippen LogP contribution in [0.4, 0.5) is 0 Å². The lowest BCUT2D eigenvalue weighted by Crippen LogP contribution is -2.27. The van der Waals surface area contributed by atoms with Crippen LogP contribution in [0.15, 0.2) is 30.3 Å². The van der Waals surface area contributed by atoms with E-state index >= 15 is 0 Å². The third-order valence-electron chi connectivity index (χ3n) is 13.3. The van der Waals surface area contributed by atoms with E-state index in [4.69, 9.17) is 75.8 Å². The standard InChI is InChI=1S/C64H115NO18/c1-5-7-37-82-64(67)62(56-59(57-65)55-60(6-2)61-23-9-8-10-24-61)54-58(3)63(66)83-53-52-81-51-50-80-49-48-79-47-46-78-45-44-77-43-42-76-41-40-75-39-38-74-36-22-21-35-73-34-20-19-33-72-32-18-17-31-71-30-16-15-29-70-28-14-13-27-69-26-12-11-25-68-4/h8-10,23-24,58-60,62H,5-7,11-22,25-56H2,1-4H3. The fourth-order valence-electron chi connectivity index (χ4n) is 8.39. The number of hydrogen-bond acceptors (Lipinski definition) is 19. The Balaban J connectivity index is 1.80. The van der Waals surface area contributed by atoms with E-state index < -0.39 is 17.8 Å². The van der Waals surface area contributed by atoms with E-state index in [9.17, 15) is 14.9 Å². The second kappa shape index (κ2) is 63.6. The van der Waals surface area contributed by atoms with Crippen LogP contribution in [0.2, 0.25) is 0 Å². The zero-order chi connectivity index (χ0) is 59.8. The SMILES string of the molecule is CCCCOC(=O)C(CC(C#N)CC(CC)c1ccccc1)CC(C)C(=O)OCCOCCOCCOCCOCCOCCOCCOCCOCCCCOCCCCOCCCCOCCCCOCCCCOCCCCOC. The molecule has 4 unspecified atom stereocenters. The highest BCUT2D eigenvalue weighted by atomic mass is 16.6.